The van der Waals surface area contributed by atoms with Crippen molar-refractivity contribution in [1.29, 1.82) is 0 Å². The van der Waals surface area contributed by atoms with Crippen LogP contribution in [0.3, 0.4) is 0 Å². The maximum atomic E-state index is 14.4. The molecule has 0 spiro atoms. The summed E-state index contributed by atoms with van der Waals surface area (Å²) in [5.74, 6) is -0.180. The molecule has 0 saturated carbocycles. The number of anilines is 1. The SMILES string of the molecule is CCOc1ccc([C@H]2C(C(=O)OC(C)C)=C(C)N=c3s/c(=C4\C(=O)N(Cc5ccccc5Cl)c5ccccc54)c(=O)n32)cc1. The predicted octanol–water partition coefficient (Wildman–Crippen LogP) is 5.16. The number of rotatable bonds is 7. The zero-order valence-electron chi connectivity index (χ0n) is 24.7. The van der Waals surface area contributed by atoms with Gasteiger partial charge in [-0.05, 0) is 63.1 Å². The van der Waals surface area contributed by atoms with Gasteiger partial charge < -0.3 is 14.4 Å². The first-order valence-corrected chi connectivity index (χ1v) is 15.5. The molecule has 3 aromatic carbocycles. The van der Waals surface area contributed by atoms with Crippen molar-refractivity contribution < 1.29 is 19.1 Å². The van der Waals surface area contributed by atoms with Crippen LogP contribution in [0.15, 0.2) is 93.9 Å². The fraction of sp³-hybridized carbons (Fsp3) is 0.235. The Morgan fingerprint density at radius 1 is 1.02 bits per heavy atom. The molecule has 4 aromatic rings. The monoisotopic (exact) mass is 627 g/mol. The average Bonchev–Trinajstić information content (AvgIpc) is 3.45. The quantitative estimate of drug-likeness (QED) is 0.264. The number of ether oxygens (including phenoxy) is 2. The van der Waals surface area contributed by atoms with Crippen molar-refractivity contribution in [1.82, 2.24) is 4.57 Å². The summed E-state index contributed by atoms with van der Waals surface area (Å²) in [5.41, 5.74) is 3.44. The van der Waals surface area contributed by atoms with E-state index in [0.29, 0.717) is 50.3 Å². The van der Waals surface area contributed by atoms with Gasteiger partial charge in [0.1, 0.15) is 10.3 Å². The van der Waals surface area contributed by atoms with Crippen molar-refractivity contribution in [2.45, 2.75) is 46.4 Å². The van der Waals surface area contributed by atoms with Gasteiger partial charge >= 0.3 is 5.97 Å². The minimum atomic E-state index is -0.812. The smallest absolute Gasteiger partial charge is 0.338 e. The third-order valence-corrected chi connectivity index (χ3v) is 8.93. The molecule has 0 saturated heterocycles. The number of carbonyl (C=O) groups excluding carboxylic acids is 2. The maximum Gasteiger partial charge on any atom is 0.338 e. The van der Waals surface area contributed by atoms with E-state index < -0.39 is 17.6 Å². The molecule has 0 radical (unpaired) electrons. The summed E-state index contributed by atoms with van der Waals surface area (Å²) in [6, 6.07) is 21.2. The van der Waals surface area contributed by atoms with Gasteiger partial charge in [-0.25, -0.2) is 9.79 Å². The van der Waals surface area contributed by atoms with E-state index in [-0.39, 0.29) is 28.7 Å². The Labute approximate surface area is 263 Å². The lowest BCUT2D eigenvalue weighted by Gasteiger charge is -2.25. The summed E-state index contributed by atoms with van der Waals surface area (Å²) in [6.45, 7) is 7.93. The van der Waals surface area contributed by atoms with Crippen LogP contribution in [0.4, 0.5) is 5.69 Å². The molecule has 0 N–H and O–H groups in total. The van der Waals surface area contributed by atoms with E-state index >= 15 is 0 Å². The first-order valence-electron chi connectivity index (χ1n) is 14.3. The number of benzene rings is 3. The normalized spacial score (nSPS) is 17.0. The molecular weight excluding hydrogens is 598 g/mol. The van der Waals surface area contributed by atoms with Crippen LogP contribution in [-0.4, -0.2) is 29.2 Å². The molecule has 0 fully saturated rings. The summed E-state index contributed by atoms with van der Waals surface area (Å²) in [7, 11) is 0. The molecule has 0 unspecified atom stereocenters. The molecule has 8 nitrogen and oxygen atoms in total. The zero-order valence-corrected chi connectivity index (χ0v) is 26.2. The molecule has 1 aromatic heterocycles. The number of hydrogen-bond donors (Lipinski definition) is 0. The third-order valence-electron chi connectivity index (χ3n) is 7.50. The van der Waals surface area contributed by atoms with Gasteiger partial charge in [0, 0.05) is 10.6 Å². The van der Waals surface area contributed by atoms with Crippen molar-refractivity contribution in [2.75, 3.05) is 11.5 Å². The van der Waals surface area contributed by atoms with Gasteiger partial charge in [0.25, 0.3) is 11.5 Å². The minimum absolute atomic E-state index is 0.247. The Bertz CT molecular complexity index is 2010. The van der Waals surface area contributed by atoms with E-state index in [9.17, 15) is 14.4 Å². The molecule has 6 rings (SSSR count). The van der Waals surface area contributed by atoms with Crippen LogP contribution in [0.5, 0.6) is 5.75 Å². The number of carbonyl (C=O) groups is 2. The van der Waals surface area contributed by atoms with Crippen molar-refractivity contribution in [3.8, 4) is 5.75 Å². The Kier molecular flexibility index (Phi) is 8.00. The van der Waals surface area contributed by atoms with E-state index in [2.05, 4.69) is 0 Å². The van der Waals surface area contributed by atoms with Gasteiger partial charge in [-0.1, -0.05) is 71.5 Å². The lowest BCUT2D eigenvalue weighted by molar-refractivity contribution is -0.143. The molecule has 2 aliphatic heterocycles. The molecule has 1 atom stereocenters. The number of para-hydroxylation sites is 1. The first kappa shape index (κ1) is 29.6. The second-order valence-electron chi connectivity index (χ2n) is 10.7. The molecule has 10 heteroatoms. The summed E-state index contributed by atoms with van der Waals surface area (Å²) >= 11 is 7.59. The van der Waals surface area contributed by atoms with Crippen LogP contribution in [0.2, 0.25) is 5.02 Å². The first-order chi connectivity index (χ1) is 21.2. The Balaban J connectivity index is 1.55. The standard InChI is InChI=1S/C34H30ClN3O5S/c1-5-42-23-16-14-21(15-17-23)29-27(33(41)43-19(2)3)20(4)36-34-38(29)32(40)30(44-34)28-24-11-7-9-13-26(24)37(31(28)39)18-22-10-6-8-12-25(22)35/h6-17,19,29H,5,18H2,1-4H3/b30-28-/t29-/m0/s1. The van der Waals surface area contributed by atoms with E-state index in [1.807, 2.05) is 61.5 Å². The number of nitrogens with zero attached hydrogens (tertiary/aromatic N) is 3. The van der Waals surface area contributed by atoms with Crippen molar-refractivity contribution in [3.63, 3.8) is 0 Å². The number of allylic oxidation sites excluding steroid dienone is 1. The van der Waals surface area contributed by atoms with Gasteiger partial charge in [-0.3, -0.25) is 14.2 Å². The number of hydrogen-bond acceptors (Lipinski definition) is 7. The van der Waals surface area contributed by atoms with Crippen molar-refractivity contribution >= 4 is 46.1 Å². The Morgan fingerprint density at radius 2 is 1.73 bits per heavy atom. The number of esters is 1. The highest BCUT2D eigenvalue weighted by Gasteiger charge is 2.37. The minimum Gasteiger partial charge on any atom is -0.494 e. The molecule has 0 aliphatic carbocycles. The molecule has 1 amide bonds. The largest absolute Gasteiger partial charge is 0.494 e. The highest BCUT2D eigenvalue weighted by atomic mass is 35.5. The molecule has 0 bridgehead atoms. The lowest BCUT2D eigenvalue weighted by atomic mass is 9.95. The van der Waals surface area contributed by atoms with E-state index in [0.717, 1.165) is 16.9 Å². The van der Waals surface area contributed by atoms with Crippen LogP contribution < -0.4 is 24.5 Å². The van der Waals surface area contributed by atoms with Gasteiger partial charge in [0.15, 0.2) is 4.80 Å². The summed E-state index contributed by atoms with van der Waals surface area (Å²) in [4.78, 5) is 48.7. The molecule has 224 valence electrons. The second kappa shape index (κ2) is 11.9. The summed E-state index contributed by atoms with van der Waals surface area (Å²) < 4.78 is 13.0. The summed E-state index contributed by atoms with van der Waals surface area (Å²) in [5, 5.41) is 0.553. The van der Waals surface area contributed by atoms with Crippen molar-refractivity contribution in [2.24, 2.45) is 4.99 Å². The topological polar surface area (TPSA) is 90.2 Å². The van der Waals surface area contributed by atoms with Crippen LogP contribution in [0.25, 0.3) is 5.57 Å². The van der Waals surface area contributed by atoms with E-state index in [4.69, 9.17) is 26.1 Å². The predicted molar refractivity (Wildman–Crippen MR) is 171 cm³/mol. The molecule has 2 aliphatic rings. The third kappa shape index (κ3) is 5.16. The molecule has 44 heavy (non-hydrogen) atoms. The highest BCUT2D eigenvalue weighted by Crippen LogP contribution is 2.37. The average molecular weight is 628 g/mol. The maximum absolute atomic E-state index is 14.4. The fourth-order valence-electron chi connectivity index (χ4n) is 5.59. The van der Waals surface area contributed by atoms with E-state index in [1.165, 1.54) is 4.57 Å². The van der Waals surface area contributed by atoms with Crippen LogP contribution in [-0.2, 0) is 20.9 Å². The highest BCUT2D eigenvalue weighted by molar-refractivity contribution is 7.07. The number of aromatic nitrogens is 1. The fourth-order valence-corrected chi connectivity index (χ4v) is 6.92. The Morgan fingerprint density at radius 3 is 2.43 bits per heavy atom. The summed E-state index contributed by atoms with van der Waals surface area (Å²) in [6.07, 6.45) is -0.368. The molecular formula is C34H30ClN3O5S. The van der Waals surface area contributed by atoms with Gasteiger partial charge in [-0.2, -0.15) is 0 Å². The van der Waals surface area contributed by atoms with Gasteiger partial charge in [0.2, 0.25) is 0 Å². The zero-order chi connectivity index (χ0) is 31.1. The Hall–Kier alpha value is -4.47. The molecule has 3 heterocycles. The number of amides is 1. The number of fused-ring (bicyclic) bond motifs is 2. The lowest BCUT2D eigenvalue weighted by Crippen LogP contribution is -2.41. The van der Waals surface area contributed by atoms with Gasteiger partial charge in [0.05, 0.1) is 47.8 Å². The van der Waals surface area contributed by atoms with Gasteiger partial charge in [-0.15, -0.1) is 0 Å². The van der Waals surface area contributed by atoms with Crippen LogP contribution in [0.1, 0.15) is 50.4 Å². The van der Waals surface area contributed by atoms with E-state index in [1.54, 1.807) is 43.9 Å². The second-order valence-corrected chi connectivity index (χ2v) is 12.1. The number of halogens is 1. The van der Waals surface area contributed by atoms with Crippen LogP contribution >= 0.6 is 22.9 Å². The number of thiazole rings is 1. The van der Waals surface area contributed by atoms with Crippen LogP contribution in [0, 0.1) is 0 Å². The van der Waals surface area contributed by atoms with Crippen molar-refractivity contribution in [3.05, 3.63) is 125 Å².